The lowest BCUT2D eigenvalue weighted by molar-refractivity contribution is -0.145. The van der Waals surface area contributed by atoms with Crippen molar-refractivity contribution in [3.05, 3.63) is 65.2 Å². The molecule has 1 unspecified atom stereocenters. The van der Waals surface area contributed by atoms with Crippen LogP contribution in [0.4, 0.5) is 5.69 Å². The Kier molecular flexibility index (Phi) is 8.10. The molecule has 0 aromatic heterocycles. The van der Waals surface area contributed by atoms with Crippen molar-refractivity contribution < 1.29 is 28.7 Å². The summed E-state index contributed by atoms with van der Waals surface area (Å²) in [5.74, 6) is -1.52. The predicted octanol–water partition coefficient (Wildman–Crippen LogP) is 3.08. The van der Waals surface area contributed by atoms with Crippen LogP contribution < -0.4 is 10.6 Å². The molecule has 0 saturated carbocycles. The Bertz CT molecular complexity index is 1160. The molecule has 0 spiro atoms. The summed E-state index contributed by atoms with van der Waals surface area (Å²) in [7, 11) is 0. The molecule has 0 aliphatic carbocycles. The number of carbonyl (C=O) groups excluding carboxylic acids is 5. The Balaban J connectivity index is 1.21. The van der Waals surface area contributed by atoms with Crippen molar-refractivity contribution in [1.82, 2.24) is 10.2 Å². The van der Waals surface area contributed by atoms with Crippen LogP contribution in [0, 0.1) is 0 Å². The molecule has 1 saturated heterocycles. The largest absolute Gasteiger partial charge is 0.461 e. The maximum absolute atomic E-state index is 12.9. The number of nitrogens with zero attached hydrogens (tertiary/aromatic N) is 1. The van der Waals surface area contributed by atoms with Gasteiger partial charge in [0.1, 0.15) is 12.6 Å². The molecular weight excluding hydrogens is 462 g/mol. The molecule has 4 rings (SSSR count). The first-order chi connectivity index (χ1) is 17.4. The Morgan fingerprint density at radius 1 is 0.972 bits per heavy atom. The number of hydrogen-bond acceptors (Lipinski definition) is 6. The minimum absolute atomic E-state index is 0.179. The zero-order valence-electron chi connectivity index (χ0n) is 20.0. The van der Waals surface area contributed by atoms with E-state index in [9.17, 15) is 24.0 Å². The van der Waals surface area contributed by atoms with Crippen LogP contribution in [0.1, 0.15) is 66.4 Å². The van der Waals surface area contributed by atoms with E-state index >= 15 is 0 Å². The molecule has 2 N–H and O–H groups in total. The first-order valence-electron chi connectivity index (χ1n) is 12.2. The molecule has 36 heavy (non-hydrogen) atoms. The summed E-state index contributed by atoms with van der Waals surface area (Å²) in [6.45, 7) is 0.453. The van der Waals surface area contributed by atoms with E-state index in [-0.39, 0.29) is 56.1 Å². The number of unbranched alkanes of at least 4 members (excludes halogenated alkanes) is 2. The number of carbonyl (C=O) groups is 5. The zero-order valence-corrected chi connectivity index (χ0v) is 20.0. The maximum Gasteiger partial charge on any atom is 0.306 e. The van der Waals surface area contributed by atoms with Crippen molar-refractivity contribution in [2.24, 2.45) is 0 Å². The molecule has 2 heterocycles. The topological polar surface area (TPSA) is 122 Å². The fourth-order valence-electron chi connectivity index (χ4n) is 4.46. The van der Waals surface area contributed by atoms with Crippen molar-refractivity contribution in [1.29, 1.82) is 0 Å². The molecule has 0 radical (unpaired) electrons. The molecule has 0 bridgehead atoms. The van der Waals surface area contributed by atoms with E-state index in [1.165, 1.54) is 4.90 Å². The highest BCUT2D eigenvalue weighted by Crippen LogP contribution is 2.32. The van der Waals surface area contributed by atoms with Gasteiger partial charge in [-0.3, -0.25) is 29.3 Å². The summed E-state index contributed by atoms with van der Waals surface area (Å²) in [6.07, 6.45) is 3.02. The number of nitrogens with one attached hydrogen (secondary N) is 2. The average Bonchev–Trinajstić information content (AvgIpc) is 3.20. The van der Waals surface area contributed by atoms with Crippen LogP contribution in [0.3, 0.4) is 0 Å². The lowest BCUT2D eigenvalue weighted by Crippen LogP contribution is -2.52. The Morgan fingerprint density at radius 3 is 2.53 bits per heavy atom. The number of hydrogen-bond donors (Lipinski definition) is 2. The molecule has 2 aromatic rings. The highest BCUT2D eigenvalue weighted by Gasteiger charge is 2.39. The summed E-state index contributed by atoms with van der Waals surface area (Å²) in [6, 6.07) is 13.9. The number of esters is 1. The molecule has 9 heteroatoms. The van der Waals surface area contributed by atoms with Gasteiger partial charge >= 0.3 is 5.97 Å². The third kappa shape index (κ3) is 6.16. The minimum Gasteiger partial charge on any atom is -0.461 e. The number of rotatable bonds is 10. The van der Waals surface area contributed by atoms with E-state index in [0.717, 1.165) is 5.56 Å². The molecule has 1 atom stereocenters. The third-order valence-corrected chi connectivity index (χ3v) is 6.38. The third-order valence-electron chi connectivity index (χ3n) is 6.38. The van der Waals surface area contributed by atoms with Gasteiger partial charge in [0.2, 0.25) is 17.7 Å². The summed E-state index contributed by atoms with van der Waals surface area (Å²) < 4.78 is 5.26. The van der Waals surface area contributed by atoms with Crippen molar-refractivity contribution in [2.75, 3.05) is 5.32 Å². The van der Waals surface area contributed by atoms with Crippen molar-refractivity contribution >= 4 is 35.3 Å². The lowest BCUT2D eigenvalue weighted by atomic mass is 10.0. The number of imide groups is 1. The molecule has 188 valence electrons. The van der Waals surface area contributed by atoms with E-state index in [1.54, 1.807) is 18.2 Å². The second-order valence-electron chi connectivity index (χ2n) is 8.99. The van der Waals surface area contributed by atoms with Crippen molar-refractivity contribution in [3.63, 3.8) is 0 Å². The standard InChI is InChI=1S/C27H29N3O6/c31-23(12-5-2-6-13-25(33)36-17-18-8-3-1-4-9-18)28-21-11-7-10-19-20(21)16-30(27(19)35)22-14-15-24(32)29-26(22)34/h1,3-4,7-11,22H,2,5-6,12-17H2,(H,28,31)(H,29,32,34). The van der Waals surface area contributed by atoms with Crippen LogP contribution in [0.2, 0.25) is 0 Å². The molecule has 2 aliphatic heterocycles. The van der Waals surface area contributed by atoms with Gasteiger partial charge in [0, 0.05) is 42.6 Å². The van der Waals surface area contributed by atoms with Gasteiger partial charge in [-0.2, -0.15) is 0 Å². The minimum atomic E-state index is -0.703. The Hall–Kier alpha value is -4.01. The van der Waals surface area contributed by atoms with E-state index in [1.807, 2.05) is 30.3 Å². The molecule has 1 fully saturated rings. The van der Waals surface area contributed by atoms with Gasteiger partial charge < -0.3 is 15.0 Å². The summed E-state index contributed by atoms with van der Waals surface area (Å²) in [4.78, 5) is 62.5. The van der Waals surface area contributed by atoms with Crippen LogP contribution in [-0.2, 0) is 37.1 Å². The number of ether oxygens (including phenoxy) is 1. The molecular formula is C27H29N3O6. The number of anilines is 1. The van der Waals surface area contributed by atoms with Crippen molar-refractivity contribution in [3.8, 4) is 0 Å². The predicted molar refractivity (Wildman–Crippen MR) is 130 cm³/mol. The SMILES string of the molecule is O=C1CCC(N2Cc3c(NC(=O)CCCCCC(=O)OCc4ccccc4)cccc3C2=O)C(=O)N1. The zero-order chi connectivity index (χ0) is 25.5. The first-order valence-corrected chi connectivity index (χ1v) is 12.2. The second-order valence-corrected chi connectivity index (χ2v) is 8.99. The number of benzene rings is 2. The Morgan fingerprint density at radius 2 is 1.75 bits per heavy atom. The van der Waals surface area contributed by atoms with Gasteiger partial charge in [0.05, 0.1) is 0 Å². The Labute approximate surface area is 209 Å². The quantitative estimate of drug-likeness (QED) is 0.299. The number of amides is 4. The van der Waals surface area contributed by atoms with Gasteiger partial charge in [0.15, 0.2) is 0 Å². The van der Waals surface area contributed by atoms with E-state index in [4.69, 9.17) is 4.74 Å². The first kappa shape index (κ1) is 25.1. The van der Waals surface area contributed by atoms with Gasteiger partial charge in [-0.25, -0.2) is 0 Å². The highest BCUT2D eigenvalue weighted by molar-refractivity contribution is 6.06. The van der Waals surface area contributed by atoms with Crippen LogP contribution in [0.25, 0.3) is 0 Å². The smallest absolute Gasteiger partial charge is 0.306 e. The number of piperidine rings is 1. The van der Waals surface area contributed by atoms with E-state index < -0.39 is 11.9 Å². The molecule has 9 nitrogen and oxygen atoms in total. The van der Waals surface area contributed by atoms with Gasteiger partial charge in [0.25, 0.3) is 5.91 Å². The monoisotopic (exact) mass is 491 g/mol. The number of fused-ring (bicyclic) bond motifs is 1. The van der Waals surface area contributed by atoms with E-state index in [2.05, 4.69) is 10.6 Å². The normalized spacial score (nSPS) is 16.9. The fourth-order valence-corrected chi connectivity index (χ4v) is 4.46. The average molecular weight is 492 g/mol. The molecule has 4 amide bonds. The maximum atomic E-state index is 12.9. The van der Waals surface area contributed by atoms with Crippen LogP contribution in [-0.4, -0.2) is 40.5 Å². The second kappa shape index (κ2) is 11.6. The summed E-state index contributed by atoms with van der Waals surface area (Å²) >= 11 is 0. The van der Waals surface area contributed by atoms with Gasteiger partial charge in [-0.15, -0.1) is 0 Å². The molecule has 2 aliphatic rings. The van der Waals surface area contributed by atoms with Gasteiger partial charge in [-0.05, 0) is 37.0 Å². The van der Waals surface area contributed by atoms with Crippen molar-refractivity contribution in [2.45, 2.75) is 64.1 Å². The summed E-state index contributed by atoms with van der Waals surface area (Å²) in [5.41, 5.74) is 2.61. The molecule has 2 aromatic carbocycles. The lowest BCUT2D eigenvalue weighted by Gasteiger charge is -2.29. The van der Waals surface area contributed by atoms with Crippen LogP contribution in [0.15, 0.2) is 48.5 Å². The van der Waals surface area contributed by atoms with Crippen LogP contribution >= 0.6 is 0 Å². The van der Waals surface area contributed by atoms with Gasteiger partial charge in [-0.1, -0.05) is 42.8 Å². The fraction of sp³-hybridized carbons (Fsp3) is 0.370. The van der Waals surface area contributed by atoms with E-state index in [0.29, 0.717) is 42.5 Å². The van der Waals surface area contributed by atoms with Crippen LogP contribution in [0.5, 0.6) is 0 Å². The highest BCUT2D eigenvalue weighted by atomic mass is 16.5. The summed E-state index contributed by atoms with van der Waals surface area (Å²) in [5, 5.41) is 5.16.